The Morgan fingerprint density at radius 2 is 1.88 bits per heavy atom. The minimum absolute atomic E-state index is 0.248. The van der Waals surface area contributed by atoms with Crippen molar-refractivity contribution in [2.45, 2.75) is 40.7 Å². The third-order valence-corrected chi connectivity index (χ3v) is 4.02. The van der Waals surface area contributed by atoms with Crippen LogP contribution in [-0.4, -0.2) is 30.0 Å². The molecule has 4 heteroatoms. The Labute approximate surface area is 104 Å². The Morgan fingerprint density at radius 1 is 1.31 bits per heavy atom. The van der Waals surface area contributed by atoms with Crippen molar-refractivity contribution < 1.29 is 4.79 Å². The standard InChI is InChI=1S/C12H26N2OS/c1-9(2)6-16-7-10(3)14-8-12(4,5)11(13)15/h9-10,14H,6-8H2,1-5H3,(H2,13,15). The predicted octanol–water partition coefficient (Wildman–Crippen LogP) is 1.87. The summed E-state index contributed by atoms with van der Waals surface area (Å²) in [6.45, 7) is 11.0. The van der Waals surface area contributed by atoms with Crippen LogP contribution < -0.4 is 11.1 Å². The van der Waals surface area contributed by atoms with Crippen LogP contribution in [0.1, 0.15) is 34.6 Å². The van der Waals surface area contributed by atoms with E-state index in [9.17, 15) is 4.79 Å². The number of nitrogens with two attached hydrogens (primary N) is 1. The molecule has 1 amide bonds. The van der Waals surface area contributed by atoms with Gasteiger partial charge in [-0.2, -0.15) is 11.8 Å². The van der Waals surface area contributed by atoms with Gasteiger partial charge in [0.05, 0.1) is 5.41 Å². The first-order valence-electron chi connectivity index (χ1n) is 5.86. The summed E-state index contributed by atoms with van der Waals surface area (Å²) in [5, 5.41) is 3.36. The fourth-order valence-corrected chi connectivity index (χ4v) is 2.13. The topological polar surface area (TPSA) is 55.1 Å². The monoisotopic (exact) mass is 246 g/mol. The van der Waals surface area contributed by atoms with Gasteiger partial charge in [0.1, 0.15) is 0 Å². The van der Waals surface area contributed by atoms with Crippen LogP contribution in [0.4, 0.5) is 0 Å². The second-order valence-electron chi connectivity index (χ2n) is 5.46. The van der Waals surface area contributed by atoms with E-state index in [1.807, 2.05) is 25.6 Å². The van der Waals surface area contributed by atoms with Gasteiger partial charge in [0, 0.05) is 18.3 Å². The summed E-state index contributed by atoms with van der Waals surface area (Å²) in [7, 11) is 0. The Morgan fingerprint density at radius 3 is 2.31 bits per heavy atom. The maximum Gasteiger partial charge on any atom is 0.224 e. The zero-order valence-electron chi connectivity index (χ0n) is 11.2. The lowest BCUT2D eigenvalue weighted by molar-refractivity contribution is -0.125. The van der Waals surface area contributed by atoms with E-state index in [0.717, 1.165) is 11.7 Å². The Balaban J connectivity index is 3.73. The first-order chi connectivity index (χ1) is 7.25. The number of hydrogen-bond acceptors (Lipinski definition) is 3. The van der Waals surface area contributed by atoms with Gasteiger partial charge >= 0.3 is 0 Å². The molecule has 3 nitrogen and oxygen atoms in total. The molecule has 0 aliphatic rings. The minimum atomic E-state index is -0.461. The highest BCUT2D eigenvalue weighted by Gasteiger charge is 2.24. The molecule has 0 aromatic heterocycles. The normalized spacial score (nSPS) is 14.1. The van der Waals surface area contributed by atoms with Crippen LogP contribution in [0.5, 0.6) is 0 Å². The predicted molar refractivity (Wildman–Crippen MR) is 72.6 cm³/mol. The van der Waals surface area contributed by atoms with Crippen molar-refractivity contribution >= 4 is 17.7 Å². The second-order valence-corrected chi connectivity index (χ2v) is 6.54. The van der Waals surface area contributed by atoms with Gasteiger partial charge in [-0.25, -0.2) is 0 Å². The molecular formula is C12H26N2OS. The third-order valence-electron chi connectivity index (χ3n) is 2.38. The number of carbonyl (C=O) groups is 1. The molecule has 0 radical (unpaired) electrons. The lowest BCUT2D eigenvalue weighted by atomic mass is 9.92. The van der Waals surface area contributed by atoms with Crippen LogP contribution in [0.3, 0.4) is 0 Å². The number of rotatable bonds is 8. The Kier molecular flexibility index (Phi) is 7.07. The van der Waals surface area contributed by atoms with Crippen LogP contribution in [0, 0.1) is 11.3 Å². The zero-order valence-corrected chi connectivity index (χ0v) is 12.0. The van der Waals surface area contributed by atoms with Crippen molar-refractivity contribution in [1.82, 2.24) is 5.32 Å². The second kappa shape index (κ2) is 7.17. The summed E-state index contributed by atoms with van der Waals surface area (Å²) in [5.74, 6) is 2.75. The van der Waals surface area contributed by atoms with E-state index >= 15 is 0 Å². The number of thioether (sulfide) groups is 1. The fraction of sp³-hybridized carbons (Fsp3) is 0.917. The van der Waals surface area contributed by atoms with Crippen molar-refractivity contribution in [2.24, 2.45) is 17.1 Å². The summed E-state index contributed by atoms with van der Waals surface area (Å²) < 4.78 is 0. The summed E-state index contributed by atoms with van der Waals surface area (Å²) in [5.41, 5.74) is 4.85. The average Bonchev–Trinajstić information content (AvgIpc) is 2.14. The molecule has 0 aliphatic carbocycles. The largest absolute Gasteiger partial charge is 0.369 e. The summed E-state index contributed by atoms with van der Waals surface area (Å²) in [6.07, 6.45) is 0. The minimum Gasteiger partial charge on any atom is -0.369 e. The van der Waals surface area contributed by atoms with Crippen LogP contribution in [0.25, 0.3) is 0 Å². The molecule has 0 aromatic rings. The van der Waals surface area contributed by atoms with Gasteiger partial charge < -0.3 is 11.1 Å². The molecule has 0 aromatic carbocycles. The molecule has 0 aliphatic heterocycles. The van der Waals surface area contributed by atoms with E-state index in [1.54, 1.807) is 0 Å². The number of primary amides is 1. The smallest absolute Gasteiger partial charge is 0.224 e. The molecule has 0 fully saturated rings. The van der Waals surface area contributed by atoms with E-state index in [2.05, 4.69) is 26.1 Å². The third kappa shape index (κ3) is 7.12. The molecule has 16 heavy (non-hydrogen) atoms. The number of amides is 1. The molecule has 0 heterocycles. The number of carbonyl (C=O) groups excluding carboxylic acids is 1. The van der Waals surface area contributed by atoms with Gasteiger partial charge in [0.2, 0.25) is 5.91 Å². The van der Waals surface area contributed by atoms with Gasteiger partial charge in [0.25, 0.3) is 0 Å². The van der Waals surface area contributed by atoms with Gasteiger partial charge in [-0.15, -0.1) is 0 Å². The van der Waals surface area contributed by atoms with Crippen molar-refractivity contribution in [3.8, 4) is 0 Å². The molecule has 0 saturated carbocycles. The molecule has 96 valence electrons. The van der Waals surface area contributed by atoms with Crippen LogP contribution in [-0.2, 0) is 4.79 Å². The van der Waals surface area contributed by atoms with Crippen LogP contribution in [0.2, 0.25) is 0 Å². The fourth-order valence-electron chi connectivity index (χ4n) is 1.06. The number of hydrogen-bond donors (Lipinski definition) is 2. The van der Waals surface area contributed by atoms with E-state index in [-0.39, 0.29) is 5.91 Å². The van der Waals surface area contributed by atoms with Crippen LogP contribution in [0.15, 0.2) is 0 Å². The quantitative estimate of drug-likeness (QED) is 0.687. The van der Waals surface area contributed by atoms with Crippen molar-refractivity contribution in [3.63, 3.8) is 0 Å². The molecule has 0 rings (SSSR count). The number of nitrogens with one attached hydrogen (secondary N) is 1. The van der Waals surface area contributed by atoms with Gasteiger partial charge in [-0.1, -0.05) is 13.8 Å². The Bertz CT molecular complexity index is 217. The first kappa shape index (κ1) is 15.8. The lowest BCUT2D eigenvalue weighted by Crippen LogP contribution is -2.43. The summed E-state index contributed by atoms with van der Waals surface area (Å²) >= 11 is 1.95. The average molecular weight is 246 g/mol. The van der Waals surface area contributed by atoms with Crippen molar-refractivity contribution in [3.05, 3.63) is 0 Å². The molecule has 3 N–H and O–H groups in total. The molecule has 0 saturated heterocycles. The molecular weight excluding hydrogens is 220 g/mol. The lowest BCUT2D eigenvalue weighted by Gasteiger charge is -2.23. The van der Waals surface area contributed by atoms with E-state index in [4.69, 9.17) is 5.73 Å². The maximum absolute atomic E-state index is 11.1. The highest BCUT2D eigenvalue weighted by Crippen LogP contribution is 2.13. The van der Waals surface area contributed by atoms with Gasteiger partial charge in [0.15, 0.2) is 0 Å². The summed E-state index contributed by atoms with van der Waals surface area (Å²) in [6, 6.07) is 0.419. The molecule has 0 bridgehead atoms. The van der Waals surface area contributed by atoms with Gasteiger partial charge in [-0.3, -0.25) is 4.79 Å². The van der Waals surface area contributed by atoms with E-state index < -0.39 is 5.41 Å². The molecule has 0 spiro atoms. The van der Waals surface area contributed by atoms with E-state index in [0.29, 0.717) is 12.6 Å². The molecule has 1 unspecified atom stereocenters. The highest BCUT2D eigenvalue weighted by molar-refractivity contribution is 7.99. The van der Waals surface area contributed by atoms with Crippen LogP contribution >= 0.6 is 11.8 Å². The van der Waals surface area contributed by atoms with Crippen molar-refractivity contribution in [2.75, 3.05) is 18.1 Å². The van der Waals surface area contributed by atoms with Crippen molar-refractivity contribution in [1.29, 1.82) is 0 Å². The van der Waals surface area contributed by atoms with Gasteiger partial charge in [-0.05, 0) is 32.4 Å². The highest BCUT2D eigenvalue weighted by atomic mass is 32.2. The summed E-state index contributed by atoms with van der Waals surface area (Å²) in [4.78, 5) is 11.1. The van der Waals surface area contributed by atoms with E-state index in [1.165, 1.54) is 5.75 Å². The molecule has 1 atom stereocenters. The zero-order chi connectivity index (χ0) is 12.8. The Hall–Kier alpha value is -0.220. The SMILES string of the molecule is CC(C)CSCC(C)NCC(C)(C)C(N)=O. The maximum atomic E-state index is 11.1. The first-order valence-corrected chi connectivity index (χ1v) is 7.02.